The first-order chi connectivity index (χ1) is 16.3. The first-order valence-electron chi connectivity index (χ1n) is 10.2. The van der Waals surface area contributed by atoms with Crippen molar-refractivity contribution in [2.45, 2.75) is 6.54 Å². The van der Waals surface area contributed by atoms with Crippen LogP contribution in [0.1, 0.15) is 20.7 Å². The van der Waals surface area contributed by atoms with Crippen molar-refractivity contribution in [2.75, 3.05) is 11.9 Å². The minimum atomic E-state index is -0.659. The fourth-order valence-corrected chi connectivity index (χ4v) is 3.60. The second-order valence-corrected chi connectivity index (χ2v) is 7.58. The number of nitro groups is 1. The summed E-state index contributed by atoms with van der Waals surface area (Å²) in [4.78, 5) is 50.9. The van der Waals surface area contributed by atoms with Crippen LogP contribution in [0.2, 0.25) is 0 Å². The van der Waals surface area contributed by atoms with E-state index in [1.54, 1.807) is 24.3 Å². The number of aromatic nitrogens is 1. The average Bonchev–Trinajstić information content (AvgIpc) is 2.85. The smallest absolute Gasteiger partial charge is 0.269 e. The lowest BCUT2D eigenvalue weighted by Gasteiger charge is -2.19. The van der Waals surface area contributed by atoms with Crippen LogP contribution in [-0.2, 0) is 6.54 Å². The lowest BCUT2D eigenvalue weighted by Crippen LogP contribution is -2.35. The number of Topliss-reactive ketones (excluding diaryl/α,β-unsaturated/α-hetero) is 1. The van der Waals surface area contributed by atoms with Gasteiger partial charge < -0.3 is 4.90 Å². The van der Waals surface area contributed by atoms with Crippen LogP contribution in [0.4, 0.5) is 15.8 Å². The molecule has 8 nitrogen and oxygen atoms in total. The van der Waals surface area contributed by atoms with Crippen molar-refractivity contribution in [1.29, 1.82) is 0 Å². The zero-order valence-electron chi connectivity index (χ0n) is 18.0. The van der Waals surface area contributed by atoms with Crippen LogP contribution in [0.15, 0.2) is 83.7 Å². The van der Waals surface area contributed by atoms with Gasteiger partial charge in [-0.3, -0.25) is 29.1 Å². The zero-order chi connectivity index (χ0) is 24.4. The van der Waals surface area contributed by atoms with E-state index in [0.29, 0.717) is 16.6 Å². The van der Waals surface area contributed by atoms with E-state index in [1.165, 1.54) is 71.1 Å². The van der Waals surface area contributed by atoms with Crippen molar-refractivity contribution in [1.82, 2.24) is 4.57 Å². The number of benzene rings is 3. The van der Waals surface area contributed by atoms with Crippen LogP contribution in [-0.4, -0.2) is 28.2 Å². The Morgan fingerprint density at radius 3 is 2.29 bits per heavy atom. The highest BCUT2D eigenvalue weighted by Crippen LogP contribution is 2.19. The first-order valence-corrected chi connectivity index (χ1v) is 10.2. The number of halogens is 1. The number of carbonyl (C=O) groups is 2. The normalized spacial score (nSPS) is 10.8. The standard InChI is InChI=1S/C25H18FN3O5/c1-27(19-12-8-18(26)9-13-19)24(31)21-14-17-4-2-3-5-22(17)28(25(21)32)15-23(30)16-6-10-20(11-7-16)29(33)34/h2-14H,15H2,1H3. The third-order valence-corrected chi connectivity index (χ3v) is 5.45. The van der Waals surface area contributed by atoms with Gasteiger partial charge in [0.25, 0.3) is 17.2 Å². The second kappa shape index (κ2) is 9.07. The average molecular weight is 459 g/mol. The molecular weight excluding hydrogens is 441 g/mol. The highest BCUT2D eigenvalue weighted by Gasteiger charge is 2.21. The fraction of sp³-hybridized carbons (Fsp3) is 0.0800. The Hall–Kier alpha value is -4.66. The number of rotatable bonds is 6. The van der Waals surface area contributed by atoms with E-state index >= 15 is 0 Å². The molecule has 4 aromatic rings. The molecule has 1 amide bonds. The number of carbonyl (C=O) groups excluding carboxylic acids is 2. The van der Waals surface area contributed by atoms with E-state index in [-0.39, 0.29) is 23.4 Å². The molecule has 170 valence electrons. The summed E-state index contributed by atoms with van der Waals surface area (Å²) in [6, 6.07) is 18.6. The van der Waals surface area contributed by atoms with E-state index in [1.807, 2.05) is 0 Å². The van der Waals surface area contributed by atoms with Crippen molar-refractivity contribution in [3.05, 3.63) is 116 Å². The van der Waals surface area contributed by atoms with Gasteiger partial charge in [0, 0.05) is 30.4 Å². The number of nitrogens with zero attached hydrogens (tertiary/aromatic N) is 3. The summed E-state index contributed by atoms with van der Waals surface area (Å²) in [6.07, 6.45) is 0. The minimum absolute atomic E-state index is 0.151. The summed E-state index contributed by atoms with van der Waals surface area (Å²) in [5.74, 6) is -1.51. The summed E-state index contributed by atoms with van der Waals surface area (Å²) in [6.45, 7) is -0.363. The zero-order valence-corrected chi connectivity index (χ0v) is 18.0. The molecule has 0 unspecified atom stereocenters. The topological polar surface area (TPSA) is 103 Å². The van der Waals surface area contributed by atoms with Crippen molar-refractivity contribution >= 4 is 34.0 Å². The molecule has 9 heteroatoms. The molecule has 0 aliphatic carbocycles. The van der Waals surface area contributed by atoms with Gasteiger partial charge in [-0.15, -0.1) is 0 Å². The monoisotopic (exact) mass is 459 g/mol. The third kappa shape index (κ3) is 4.31. The van der Waals surface area contributed by atoms with Gasteiger partial charge >= 0.3 is 0 Å². The van der Waals surface area contributed by atoms with Gasteiger partial charge in [0.05, 0.1) is 17.0 Å². The number of pyridine rings is 1. The highest BCUT2D eigenvalue weighted by atomic mass is 19.1. The molecule has 0 saturated carbocycles. The number of anilines is 1. The van der Waals surface area contributed by atoms with Gasteiger partial charge in [0.2, 0.25) is 0 Å². The summed E-state index contributed by atoms with van der Waals surface area (Å²) in [5.41, 5.74) is 0.0866. The van der Waals surface area contributed by atoms with E-state index < -0.39 is 28.0 Å². The Morgan fingerprint density at radius 1 is 1.00 bits per heavy atom. The van der Waals surface area contributed by atoms with E-state index in [4.69, 9.17) is 0 Å². The van der Waals surface area contributed by atoms with Gasteiger partial charge in [0.1, 0.15) is 11.4 Å². The number of hydrogen-bond donors (Lipinski definition) is 0. The van der Waals surface area contributed by atoms with E-state index in [9.17, 15) is 28.9 Å². The maximum Gasteiger partial charge on any atom is 0.269 e. The molecule has 0 radical (unpaired) electrons. The van der Waals surface area contributed by atoms with E-state index in [2.05, 4.69) is 0 Å². The Bertz CT molecular complexity index is 1480. The molecule has 3 aromatic carbocycles. The summed E-state index contributed by atoms with van der Waals surface area (Å²) in [7, 11) is 1.47. The molecule has 0 N–H and O–H groups in total. The van der Waals surface area contributed by atoms with Gasteiger partial charge in [-0.2, -0.15) is 0 Å². The fourth-order valence-electron chi connectivity index (χ4n) is 3.60. The van der Waals surface area contributed by atoms with Crippen molar-refractivity contribution < 1.29 is 18.9 Å². The molecule has 1 heterocycles. The van der Waals surface area contributed by atoms with Crippen LogP contribution in [0.3, 0.4) is 0 Å². The van der Waals surface area contributed by atoms with Gasteiger partial charge in [-0.25, -0.2) is 4.39 Å². The summed E-state index contributed by atoms with van der Waals surface area (Å²) < 4.78 is 14.5. The second-order valence-electron chi connectivity index (χ2n) is 7.58. The molecule has 0 bridgehead atoms. The lowest BCUT2D eigenvalue weighted by atomic mass is 10.1. The summed E-state index contributed by atoms with van der Waals surface area (Å²) in [5, 5.41) is 11.4. The number of nitro benzene ring substituents is 1. The molecule has 0 atom stereocenters. The van der Waals surface area contributed by atoms with Crippen LogP contribution in [0.25, 0.3) is 10.9 Å². The number of ketones is 1. The number of fused-ring (bicyclic) bond motifs is 1. The molecule has 0 fully saturated rings. The Balaban J connectivity index is 1.74. The minimum Gasteiger partial charge on any atom is -0.311 e. The van der Waals surface area contributed by atoms with Crippen LogP contribution >= 0.6 is 0 Å². The molecule has 0 saturated heterocycles. The molecular formula is C25H18FN3O5. The van der Waals surface area contributed by atoms with Gasteiger partial charge in [-0.05, 0) is 53.9 Å². The SMILES string of the molecule is CN(C(=O)c1cc2ccccc2n(CC(=O)c2ccc([N+](=O)[O-])cc2)c1=O)c1ccc(F)cc1. The van der Waals surface area contributed by atoms with Crippen molar-refractivity contribution in [3.63, 3.8) is 0 Å². The van der Waals surface area contributed by atoms with Crippen molar-refractivity contribution in [3.8, 4) is 0 Å². The number of para-hydroxylation sites is 1. The molecule has 0 aliphatic rings. The Kier molecular flexibility index (Phi) is 6.01. The highest BCUT2D eigenvalue weighted by molar-refractivity contribution is 6.07. The molecule has 4 rings (SSSR count). The van der Waals surface area contributed by atoms with Crippen molar-refractivity contribution in [2.24, 2.45) is 0 Å². The van der Waals surface area contributed by atoms with Crippen LogP contribution < -0.4 is 10.5 Å². The van der Waals surface area contributed by atoms with Gasteiger partial charge in [0.15, 0.2) is 5.78 Å². The Labute approximate surface area is 192 Å². The molecule has 34 heavy (non-hydrogen) atoms. The maximum atomic E-state index is 13.3. The predicted molar refractivity (Wildman–Crippen MR) is 125 cm³/mol. The molecule has 0 aliphatic heterocycles. The molecule has 0 spiro atoms. The van der Waals surface area contributed by atoms with Crippen LogP contribution in [0.5, 0.6) is 0 Å². The Morgan fingerprint density at radius 2 is 1.65 bits per heavy atom. The van der Waals surface area contributed by atoms with E-state index in [0.717, 1.165) is 0 Å². The van der Waals surface area contributed by atoms with Gasteiger partial charge in [-0.1, -0.05) is 18.2 Å². The quantitative estimate of drug-likeness (QED) is 0.244. The lowest BCUT2D eigenvalue weighted by molar-refractivity contribution is -0.384. The third-order valence-electron chi connectivity index (χ3n) is 5.45. The number of hydrogen-bond acceptors (Lipinski definition) is 5. The number of non-ortho nitro benzene ring substituents is 1. The van der Waals surface area contributed by atoms with Crippen LogP contribution in [0, 0.1) is 15.9 Å². The number of amides is 1. The predicted octanol–water partition coefficient (Wildman–Crippen LogP) is 4.21. The maximum absolute atomic E-state index is 13.3. The summed E-state index contributed by atoms with van der Waals surface area (Å²) >= 11 is 0. The first kappa shape index (κ1) is 22.5. The largest absolute Gasteiger partial charge is 0.311 e. The molecule has 1 aromatic heterocycles.